The molecule has 2 saturated heterocycles. The number of benzene rings is 2. The highest BCUT2D eigenvalue weighted by Gasteiger charge is 2.31. The number of amides is 1. The average Bonchev–Trinajstić information content (AvgIpc) is 2.91. The van der Waals surface area contributed by atoms with Crippen LogP contribution >= 0.6 is 11.6 Å². The number of piperidine rings is 1. The van der Waals surface area contributed by atoms with Gasteiger partial charge in [0.15, 0.2) is 0 Å². The topological polar surface area (TPSA) is 64.6 Å². The van der Waals surface area contributed by atoms with Crippen LogP contribution in [-0.4, -0.2) is 64.9 Å². The maximum absolute atomic E-state index is 13.2. The predicted octanol–water partition coefficient (Wildman–Crippen LogP) is 4.43. The molecule has 1 N–H and O–H groups in total. The number of carbonyl (C=O) groups excluding carboxylic acids is 1. The van der Waals surface area contributed by atoms with Gasteiger partial charge in [-0.25, -0.2) is 4.98 Å². The minimum Gasteiger partial charge on any atom is -0.341 e. The largest absolute Gasteiger partial charge is 0.341 e. The number of carbonyl (C=O) groups is 1. The van der Waals surface area contributed by atoms with E-state index in [-0.39, 0.29) is 5.92 Å². The Balaban J connectivity index is 1.11. The second-order valence-electron chi connectivity index (χ2n) is 9.20. The zero-order chi connectivity index (χ0) is 24.0. The first-order valence-electron chi connectivity index (χ1n) is 12.3. The summed E-state index contributed by atoms with van der Waals surface area (Å²) in [5, 5.41) is 3.91. The van der Waals surface area contributed by atoms with Crippen LogP contribution in [0.15, 0.2) is 66.9 Å². The van der Waals surface area contributed by atoms with Crippen LogP contribution < -0.4 is 10.2 Å². The Morgan fingerprint density at radius 3 is 2.37 bits per heavy atom. The number of halogens is 1. The Bertz CT molecular complexity index is 1130. The van der Waals surface area contributed by atoms with Crippen molar-refractivity contribution in [1.29, 1.82) is 0 Å². The van der Waals surface area contributed by atoms with Crippen LogP contribution in [-0.2, 0) is 11.3 Å². The molecule has 2 fully saturated rings. The number of hydrogen-bond donors (Lipinski definition) is 1. The lowest BCUT2D eigenvalue weighted by molar-refractivity contribution is -0.138. The second-order valence-corrected chi connectivity index (χ2v) is 9.60. The van der Waals surface area contributed by atoms with Gasteiger partial charge in [-0.15, -0.1) is 0 Å². The number of nitrogens with one attached hydrogen (secondary N) is 1. The molecule has 182 valence electrons. The summed E-state index contributed by atoms with van der Waals surface area (Å²) in [4.78, 5) is 29.0. The van der Waals surface area contributed by atoms with E-state index in [1.54, 1.807) is 6.20 Å². The summed E-state index contributed by atoms with van der Waals surface area (Å²) in [5.41, 5.74) is 2.14. The fourth-order valence-corrected chi connectivity index (χ4v) is 5.01. The van der Waals surface area contributed by atoms with E-state index in [0.29, 0.717) is 22.7 Å². The molecule has 2 aliphatic heterocycles. The van der Waals surface area contributed by atoms with Gasteiger partial charge < -0.3 is 15.1 Å². The molecule has 0 bridgehead atoms. The maximum Gasteiger partial charge on any atom is 0.227 e. The minimum absolute atomic E-state index is 0.0800. The van der Waals surface area contributed by atoms with Gasteiger partial charge in [-0.2, -0.15) is 4.98 Å². The van der Waals surface area contributed by atoms with Gasteiger partial charge in [0.2, 0.25) is 11.9 Å². The molecule has 2 aliphatic rings. The number of para-hydroxylation sites is 1. The SMILES string of the molecule is O=C(C1CCN(c2nccc(Nc3ccccc3Cl)n2)CC1)N1CCN(Cc2ccccc2)CC1. The van der Waals surface area contributed by atoms with Gasteiger partial charge in [0.25, 0.3) is 0 Å². The molecule has 2 aromatic carbocycles. The van der Waals surface area contributed by atoms with Crippen molar-refractivity contribution in [2.45, 2.75) is 19.4 Å². The molecule has 0 radical (unpaired) electrons. The smallest absolute Gasteiger partial charge is 0.227 e. The van der Waals surface area contributed by atoms with Gasteiger partial charge in [0, 0.05) is 57.9 Å². The van der Waals surface area contributed by atoms with Gasteiger partial charge in [-0.1, -0.05) is 54.1 Å². The molecule has 1 amide bonds. The third-order valence-corrected chi connectivity index (χ3v) is 7.17. The van der Waals surface area contributed by atoms with Crippen LogP contribution in [0.25, 0.3) is 0 Å². The molecule has 7 nitrogen and oxygen atoms in total. The summed E-state index contributed by atoms with van der Waals surface area (Å²) in [6, 6.07) is 20.0. The molecule has 0 saturated carbocycles. The quantitative estimate of drug-likeness (QED) is 0.551. The molecule has 5 rings (SSSR count). The Labute approximate surface area is 211 Å². The Morgan fingerprint density at radius 1 is 0.914 bits per heavy atom. The first kappa shape index (κ1) is 23.6. The fraction of sp³-hybridized carbons (Fsp3) is 0.370. The van der Waals surface area contributed by atoms with Crippen LogP contribution in [0.5, 0.6) is 0 Å². The Kier molecular flexibility index (Phi) is 7.45. The number of piperazine rings is 1. The van der Waals surface area contributed by atoms with Crippen LogP contribution in [0.1, 0.15) is 18.4 Å². The first-order valence-corrected chi connectivity index (χ1v) is 12.7. The molecule has 0 unspecified atom stereocenters. The monoisotopic (exact) mass is 490 g/mol. The van der Waals surface area contributed by atoms with Crippen molar-refractivity contribution in [2.24, 2.45) is 5.92 Å². The van der Waals surface area contributed by atoms with Crippen molar-refractivity contribution in [3.63, 3.8) is 0 Å². The van der Waals surface area contributed by atoms with E-state index in [1.165, 1.54) is 5.56 Å². The van der Waals surface area contributed by atoms with Crippen molar-refractivity contribution in [3.8, 4) is 0 Å². The summed E-state index contributed by atoms with van der Waals surface area (Å²) in [7, 11) is 0. The maximum atomic E-state index is 13.2. The van der Waals surface area contributed by atoms with E-state index in [2.05, 4.69) is 54.2 Å². The Morgan fingerprint density at radius 2 is 1.63 bits per heavy atom. The zero-order valence-corrected chi connectivity index (χ0v) is 20.6. The van der Waals surface area contributed by atoms with E-state index in [0.717, 1.165) is 64.3 Å². The lowest BCUT2D eigenvalue weighted by atomic mass is 9.95. The number of aromatic nitrogens is 2. The van der Waals surface area contributed by atoms with Gasteiger partial charge in [0.05, 0.1) is 10.7 Å². The number of hydrogen-bond acceptors (Lipinski definition) is 6. The van der Waals surface area contributed by atoms with E-state index in [1.807, 2.05) is 36.4 Å². The molecular weight excluding hydrogens is 460 g/mol. The summed E-state index contributed by atoms with van der Waals surface area (Å²) >= 11 is 6.26. The fourth-order valence-electron chi connectivity index (χ4n) is 4.82. The van der Waals surface area contributed by atoms with Gasteiger partial charge >= 0.3 is 0 Å². The highest BCUT2D eigenvalue weighted by atomic mass is 35.5. The second kappa shape index (κ2) is 11.1. The van der Waals surface area contributed by atoms with Crippen molar-refractivity contribution < 1.29 is 4.79 Å². The standard InChI is InChI=1S/C27H31ClN6O/c28-23-8-4-5-9-24(23)30-25-10-13-29-27(31-25)34-14-11-22(12-15-34)26(35)33-18-16-32(17-19-33)20-21-6-2-1-3-7-21/h1-10,13,22H,11-12,14-20H2,(H,29,30,31). The molecule has 35 heavy (non-hydrogen) atoms. The Hall–Kier alpha value is -3.16. The molecule has 1 aromatic heterocycles. The van der Waals surface area contributed by atoms with E-state index < -0.39 is 0 Å². The number of rotatable bonds is 6. The van der Waals surface area contributed by atoms with Crippen molar-refractivity contribution in [2.75, 3.05) is 49.5 Å². The van der Waals surface area contributed by atoms with Gasteiger partial charge in [-0.05, 0) is 36.6 Å². The van der Waals surface area contributed by atoms with Crippen molar-refractivity contribution >= 4 is 35.0 Å². The summed E-state index contributed by atoms with van der Waals surface area (Å²) in [5.74, 6) is 1.77. The number of anilines is 3. The van der Waals surface area contributed by atoms with Crippen molar-refractivity contribution in [1.82, 2.24) is 19.8 Å². The normalized spacial score (nSPS) is 17.4. The highest BCUT2D eigenvalue weighted by molar-refractivity contribution is 6.33. The molecule has 0 spiro atoms. The van der Waals surface area contributed by atoms with E-state index in [4.69, 9.17) is 11.6 Å². The molecule has 0 atom stereocenters. The summed E-state index contributed by atoms with van der Waals surface area (Å²) in [6.07, 6.45) is 3.41. The number of nitrogens with zero attached hydrogens (tertiary/aromatic N) is 5. The minimum atomic E-state index is 0.0800. The van der Waals surface area contributed by atoms with E-state index in [9.17, 15) is 4.79 Å². The van der Waals surface area contributed by atoms with E-state index >= 15 is 0 Å². The third-order valence-electron chi connectivity index (χ3n) is 6.84. The lowest BCUT2D eigenvalue weighted by Gasteiger charge is -2.38. The van der Waals surface area contributed by atoms with Crippen LogP contribution in [0.4, 0.5) is 17.5 Å². The summed E-state index contributed by atoms with van der Waals surface area (Å²) < 4.78 is 0. The molecule has 8 heteroatoms. The first-order chi connectivity index (χ1) is 17.2. The molecule has 3 heterocycles. The van der Waals surface area contributed by atoms with Gasteiger partial charge in [0.1, 0.15) is 5.82 Å². The predicted molar refractivity (Wildman–Crippen MR) is 140 cm³/mol. The lowest BCUT2D eigenvalue weighted by Crippen LogP contribution is -2.51. The highest BCUT2D eigenvalue weighted by Crippen LogP contribution is 2.26. The van der Waals surface area contributed by atoms with Crippen molar-refractivity contribution in [3.05, 3.63) is 77.4 Å². The zero-order valence-electron chi connectivity index (χ0n) is 19.8. The van der Waals surface area contributed by atoms with Crippen LogP contribution in [0, 0.1) is 5.92 Å². The average molecular weight is 491 g/mol. The van der Waals surface area contributed by atoms with Crippen LogP contribution in [0.3, 0.4) is 0 Å². The molecule has 0 aliphatic carbocycles. The summed E-state index contributed by atoms with van der Waals surface area (Å²) in [6.45, 7) is 5.98. The van der Waals surface area contributed by atoms with Crippen LogP contribution in [0.2, 0.25) is 5.02 Å². The van der Waals surface area contributed by atoms with Gasteiger partial charge in [-0.3, -0.25) is 9.69 Å². The molecule has 3 aromatic rings. The third kappa shape index (κ3) is 5.92. The molecular formula is C27H31ClN6O.